The third-order valence-electron chi connectivity index (χ3n) is 6.90. The number of nitrogens with one attached hydrogen (secondary N) is 1. The molecular formula is C25H29Cl2N2+. The van der Waals surface area contributed by atoms with Crippen molar-refractivity contribution in [1.82, 2.24) is 0 Å². The highest BCUT2D eigenvalue weighted by atomic mass is 35.5. The number of rotatable bonds is 2. The fourth-order valence-corrected chi connectivity index (χ4v) is 5.57. The molecule has 0 fully saturated rings. The predicted octanol–water partition coefficient (Wildman–Crippen LogP) is 5.67. The Balaban J connectivity index is 1.66. The summed E-state index contributed by atoms with van der Waals surface area (Å²) in [7, 11) is 4.38. The van der Waals surface area contributed by atoms with Crippen molar-refractivity contribution in [3.05, 3.63) is 81.5 Å². The first-order chi connectivity index (χ1) is 13.5. The average molecular weight is 428 g/mol. The van der Waals surface area contributed by atoms with Crippen molar-refractivity contribution in [1.29, 1.82) is 0 Å². The molecule has 2 aromatic carbocycles. The Hall–Kier alpha value is -1.74. The molecule has 2 unspecified atom stereocenters. The Kier molecular flexibility index (Phi) is 4.89. The predicted molar refractivity (Wildman–Crippen MR) is 125 cm³/mol. The molecule has 0 saturated carbocycles. The van der Waals surface area contributed by atoms with E-state index in [-0.39, 0.29) is 10.8 Å². The molecule has 2 heterocycles. The first-order valence-corrected chi connectivity index (χ1v) is 10.9. The van der Waals surface area contributed by atoms with Crippen molar-refractivity contribution in [2.45, 2.75) is 44.6 Å². The van der Waals surface area contributed by atoms with Gasteiger partial charge in [0.1, 0.15) is 11.7 Å². The van der Waals surface area contributed by atoms with Crippen LogP contribution in [0.15, 0.2) is 60.3 Å². The molecule has 0 spiro atoms. The van der Waals surface area contributed by atoms with E-state index in [1.165, 1.54) is 33.1 Å². The van der Waals surface area contributed by atoms with Crippen LogP contribution in [0.4, 0.5) is 11.4 Å². The van der Waals surface area contributed by atoms with Gasteiger partial charge in [-0.2, -0.15) is 0 Å². The number of fused-ring (bicyclic) bond motifs is 2. The molecule has 1 N–H and O–H groups in total. The molecule has 0 aliphatic carbocycles. The third-order valence-corrected chi connectivity index (χ3v) is 7.37. The summed E-state index contributed by atoms with van der Waals surface area (Å²) < 4.78 is 0. The van der Waals surface area contributed by atoms with Crippen LogP contribution < -0.4 is 9.80 Å². The van der Waals surface area contributed by atoms with Gasteiger partial charge in [-0.05, 0) is 61.9 Å². The molecule has 2 aromatic rings. The SMILES string of the molecule is CN1C(=CC=CC2[NH+](C)c3ccc(Cl)cc3C2(C)C)C(C)(C)c2cc(Cl)ccc21. The maximum absolute atomic E-state index is 6.29. The molecule has 152 valence electrons. The lowest BCUT2D eigenvalue weighted by Crippen LogP contribution is -3.07. The van der Waals surface area contributed by atoms with Gasteiger partial charge in [-0.3, -0.25) is 4.90 Å². The lowest BCUT2D eigenvalue weighted by atomic mass is 9.80. The van der Waals surface area contributed by atoms with Crippen molar-refractivity contribution in [3.8, 4) is 0 Å². The first kappa shape index (κ1) is 20.5. The van der Waals surface area contributed by atoms with Gasteiger partial charge in [-0.1, -0.05) is 43.1 Å². The number of halogens is 2. The van der Waals surface area contributed by atoms with Crippen molar-refractivity contribution in [3.63, 3.8) is 0 Å². The van der Waals surface area contributed by atoms with E-state index < -0.39 is 0 Å². The minimum absolute atomic E-state index is 0.0207. The fraction of sp³-hybridized carbons (Fsp3) is 0.360. The Labute approximate surface area is 184 Å². The van der Waals surface area contributed by atoms with Gasteiger partial charge in [0.05, 0.1) is 12.5 Å². The summed E-state index contributed by atoms with van der Waals surface area (Å²) in [6.07, 6.45) is 6.83. The molecule has 29 heavy (non-hydrogen) atoms. The van der Waals surface area contributed by atoms with Gasteiger partial charge in [0, 0.05) is 45.5 Å². The zero-order valence-electron chi connectivity index (χ0n) is 18.0. The van der Waals surface area contributed by atoms with Gasteiger partial charge in [0.15, 0.2) is 0 Å². The summed E-state index contributed by atoms with van der Waals surface area (Å²) in [5, 5.41) is 1.60. The normalized spacial score (nSPS) is 25.7. The van der Waals surface area contributed by atoms with Crippen LogP contribution in [0.1, 0.15) is 38.8 Å². The smallest absolute Gasteiger partial charge is 0.135 e. The van der Waals surface area contributed by atoms with Crippen molar-refractivity contribution in [2.75, 3.05) is 19.0 Å². The summed E-state index contributed by atoms with van der Waals surface area (Å²) in [6.45, 7) is 9.15. The number of quaternary nitrogens is 1. The Morgan fingerprint density at radius 1 is 0.966 bits per heavy atom. The van der Waals surface area contributed by atoms with Crippen molar-refractivity contribution in [2.24, 2.45) is 0 Å². The van der Waals surface area contributed by atoms with Crippen molar-refractivity contribution >= 4 is 34.6 Å². The number of hydrogen-bond donors (Lipinski definition) is 1. The standard InChI is InChI=1S/C25H28Cl2N2/c1-24(2)18-14-16(26)10-12-20(18)28(5)22(24)8-7-9-23-25(3,4)19-15-17(27)11-13-21(19)29(23)6/h7-15,22H,1-6H3/p+1. The van der Waals surface area contributed by atoms with Crippen LogP contribution in [0.2, 0.25) is 10.0 Å². The van der Waals surface area contributed by atoms with E-state index in [4.69, 9.17) is 23.2 Å². The number of benzene rings is 2. The zero-order valence-corrected chi connectivity index (χ0v) is 19.5. The van der Waals surface area contributed by atoms with E-state index in [2.05, 4.69) is 89.2 Å². The van der Waals surface area contributed by atoms with Crippen LogP contribution in [0.3, 0.4) is 0 Å². The molecule has 4 rings (SSSR count). The van der Waals surface area contributed by atoms with E-state index >= 15 is 0 Å². The highest BCUT2D eigenvalue weighted by molar-refractivity contribution is 6.31. The van der Waals surface area contributed by atoms with E-state index in [0.717, 1.165) is 10.0 Å². The maximum atomic E-state index is 6.29. The topological polar surface area (TPSA) is 7.68 Å². The van der Waals surface area contributed by atoms with Crippen LogP contribution in [-0.4, -0.2) is 20.1 Å². The minimum Gasteiger partial charge on any atom is -0.347 e. The van der Waals surface area contributed by atoms with E-state index in [0.29, 0.717) is 6.04 Å². The van der Waals surface area contributed by atoms with Crippen LogP contribution in [0, 0.1) is 0 Å². The van der Waals surface area contributed by atoms with E-state index in [1.807, 2.05) is 12.1 Å². The Morgan fingerprint density at radius 3 is 2.28 bits per heavy atom. The van der Waals surface area contributed by atoms with Crippen LogP contribution in [0.25, 0.3) is 0 Å². The molecule has 2 aliphatic rings. The zero-order chi connectivity index (χ0) is 21.1. The molecule has 2 nitrogen and oxygen atoms in total. The highest BCUT2D eigenvalue weighted by Gasteiger charge is 2.46. The maximum Gasteiger partial charge on any atom is 0.135 e. The summed E-state index contributed by atoms with van der Waals surface area (Å²) >= 11 is 12.6. The van der Waals surface area contributed by atoms with Crippen LogP contribution >= 0.6 is 23.2 Å². The number of likely N-dealkylation sites (N-methyl/N-ethyl adjacent to an activating group) is 2. The van der Waals surface area contributed by atoms with Crippen LogP contribution in [-0.2, 0) is 10.8 Å². The quantitative estimate of drug-likeness (QED) is 0.648. The molecule has 0 bridgehead atoms. The van der Waals surface area contributed by atoms with Gasteiger partial charge in [0.2, 0.25) is 0 Å². The minimum atomic E-state index is -0.0836. The van der Waals surface area contributed by atoms with E-state index in [1.54, 1.807) is 0 Å². The number of hydrogen-bond acceptors (Lipinski definition) is 1. The molecule has 0 amide bonds. The summed E-state index contributed by atoms with van der Waals surface area (Å²) in [5.41, 5.74) is 6.39. The van der Waals surface area contributed by atoms with Gasteiger partial charge < -0.3 is 4.90 Å². The summed E-state index contributed by atoms with van der Waals surface area (Å²) in [6, 6.07) is 12.8. The molecule has 2 aliphatic heterocycles. The first-order valence-electron chi connectivity index (χ1n) is 10.1. The molecule has 2 atom stereocenters. The highest BCUT2D eigenvalue weighted by Crippen LogP contribution is 2.47. The number of nitrogens with zero attached hydrogens (tertiary/aromatic N) is 1. The second-order valence-corrected chi connectivity index (χ2v) is 10.2. The number of anilines is 1. The lowest BCUT2D eigenvalue weighted by molar-refractivity contribution is -0.828. The van der Waals surface area contributed by atoms with Gasteiger partial charge in [-0.25, -0.2) is 0 Å². The largest absolute Gasteiger partial charge is 0.347 e. The number of allylic oxidation sites excluding steroid dienone is 3. The third kappa shape index (κ3) is 3.13. The Morgan fingerprint density at radius 2 is 1.59 bits per heavy atom. The van der Waals surface area contributed by atoms with Crippen LogP contribution in [0.5, 0.6) is 0 Å². The molecule has 0 saturated heterocycles. The van der Waals surface area contributed by atoms with Gasteiger partial charge >= 0.3 is 0 Å². The second kappa shape index (κ2) is 6.91. The molecule has 4 heteroatoms. The molecule has 0 radical (unpaired) electrons. The average Bonchev–Trinajstić information content (AvgIpc) is 2.95. The molecular weight excluding hydrogens is 399 g/mol. The Bertz CT molecular complexity index is 1030. The fourth-order valence-electron chi connectivity index (χ4n) is 5.22. The van der Waals surface area contributed by atoms with Gasteiger partial charge in [0.25, 0.3) is 0 Å². The monoisotopic (exact) mass is 427 g/mol. The van der Waals surface area contributed by atoms with E-state index in [9.17, 15) is 0 Å². The second-order valence-electron chi connectivity index (χ2n) is 9.35. The van der Waals surface area contributed by atoms with Crippen molar-refractivity contribution < 1.29 is 4.90 Å². The summed E-state index contributed by atoms with van der Waals surface area (Å²) in [4.78, 5) is 3.69. The molecule has 0 aromatic heterocycles. The van der Waals surface area contributed by atoms with Gasteiger partial charge in [-0.15, -0.1) is 0 Å². The summed E-state index contributed by atoms with van der Waals surface area (Å²) in [5.74, 6) is 0. The lowest BCUT2D eigenvalue weighted by Gasteiger charge is -2.26.